The van der Waals surface area contributed by atoms with Gasteiger partial charge in [-0.1, -0.05) is 16.5 Å². The maximum atomic E-state index is 14.1. The van der Waals surface area contributed by atoms with Gasteiger partial charge in [0.05, 0.1) is 17.9 Å². The van der Waals surface area contributed by atoms with E-state index in [4.69, 9.17) is 9.26 Å². The Morgan fingerprint density at radius 2 is 2.03 bits per heavy atom. The minimum Gasteiger partial charge on any atom is -0.379 e. The number of carbonyl (C=O) groups excluding carboxylic acids is 1. The third kappa shape index (κ3) is 4.94. The number of aryl methyl sites for hydroxylation is 1. The van der Waals surface area contributed by atoms with Crippen LogP contribution in [0.25, 0.3) is 10.2 Å². The smallest absolute Gasteiger partial charge is 0.282 e. The number of halogens is 3. The Hall–Kier alpha value is -2.14. The molecule has 0 atom stereocenters. The zero-order chi connectivity index (χ0) is 20.4. The van der Waals surface area contributed by atoms with Crippen LogP contribution in [0.15, 0.2) is 22.7 Å². The lowest BCUT2D eigenvalue weighted by atomic mass is 10.3. The number of aromatic nitrogens is 2. The van der Waals surface area contributed by atoms with Crippen LogP contribution in [0.2, 0.25) is 0 Å². The van der Waals surface area contributed by atoms with Gasteiger partial charge in [-0.3, -0.25) is 14.6 Å². The Morgan fingerprint density at radius 1 is 1.27 bits per heavy atom. The highest BCUT2D eigenvalue weighted by Gasteiger charge is 2.25. The summed E-state index contributed by atoms with van der Waals surface area (Å²) in [6.07, 6.45) is 0.690. The standard InChI is InChI=1S/C19H20F2N4O3S.ClH/c1-12-9-15(23-28-12)18(26)25(4-2-3-24-5-7-27-8-6-24)19-22-17-14(21)10-13(20)11-16(17)29-19;/h9-11H,2-8H2,1H3;1H. The molecule has 1 amide bonds. The summed E-state index contributed by atoms with van der Waals surface area (Å²) in [6, 6.07) is 3.55. The van der Waals surface area contributed by atoms with Crippen molar-refractivity contribution in [3.05, 3.63) is 41.3 Å². The minimum atomic E-state index is -0.750. The van der Waals surface area contributed by atoms with E-state index < -0.39 is 11.6 Å². The van der Waals surface area contributed by atoms with Crippen molar-refractivity contribution in [1.29, 1.82) is 0 Å². The Morgan fingerprint density at radius 3 is 2.73 bits per heavy atom. The topological polar surface area (TPSA) is 71.7 Å². The summed E-state index contributed by atoms with van der Waals surface area (Å²) in [7, 11) is 0. The molecule has 0 N–H and O–H groups in total. The van der Waals surface area contributed by atoms with Crippen molar-refractivity contribution in [3.8, 4) is 0 Å². The summed E-state index contributed by atoms with van der Waals surface area (Å²) in [6.45, 7) is 5.95. The van der Waals surface area contributed by atoms with E-state index in [1.807, 2.05) is 0 Å². The van der Waals surface area contributed by atoms with Gasteiger partial charge in [-0.25, -0.2) is 13.8 Å². The summed E-state index contributed by atoms with van der Waals surface area (Å²) >= 11 is 1.07. The van der Waals surface area contributed by atoms with E-state index in [1.54, 1.807) is 13.0 Å². The summed E-state index contributed by atoms with van der Waals surface area (Å²) < 4.78 is 38.4. The van der Waals surface area contributed by atoms with Crippen LogP contribution in [0, 0.1) is 18.6 Å². The molecule has 3 heterocycles. The lowest BCUT2D eigenvalue weighted by Crippen LogP contribution is -2.39. The van der Waals surface area contributed by atoms with E-state index in [1.165, 1.54) is 11.0 Å². The van der Waals surface area contributed by atoms with Crippen molar-refractivity contribution in [2.45, 2.75) is 13.3 Å². The molecule has 3 aromatic rings. The molecule has 0 radical (unpaired) electrons. The first kappa shape index (κ1) is 22.5. The number of fused-ring (bicyclic) bond motifs is 1. The van der Waals surface area contributed by atoms with Crippen LogP contribution in [0.5, 0.6) is 0 Å². The van der Waals surface area contributed by atoms with Gasteiger partial charge in [0.1, 0.15) is 17.1 Å². The van der Waals surface area contributed by atoms with Gasteiger partial charge in [0, 0.05) is 38.3 Å². The fraction of sp³-hybridized carbons (Fsp3) is 0.421. The van der Waals surface area contributed by atoms with Gasteiger partial charge in [0.15, 0.2) is 16.6 Å². The average molecular weight is 459 g/mol. The number of amides is 1. The van der Waals surface area contributed by atoms with E-state index in [9.17, 15) is 13.6 Å². The molecule has 30 heavy (non-hydrogen) atoms. The fourth-order valence-electron chi connectivity index (χ4n) is 3.23. The minimum absolute atomic E-state index is 0. The van der Waals surface area contributed by atoms with Crippen molar-refractivity contribution in [2.24, 2.45) is 0 Å². The number of hydrogen-bond donors (Lipinski definition) is 0. The maximum absolute atomic E-state index is 14.1. The summed E-state index contributed by atoms with van der Waals surface area (Å²) in [5.74, 6) is -1.30. The first-order chi connectivity index (χ1) is 14.0. The molecule has 162 valence electrons. The van der Waals surface area contributed by atoms with Crippen LogP contribution in [0.3, 0.4) is 0 Å². The predicted octanol–water partition coefficient (Wildman–Crippen LogP) is 3.66. The van der Waals surface area contributed by atoms with Crippen LogP contribution < -0.4 is 4.90 Å². The summed E-state index contributed by atoms with van der Waals surface area (Å²) in [5.41, 5.74) is 0.202. The molecule has 0 bridgehead atoms. The molecule has 2 aromatic heterocycles. The van der Waals surface area contributed by atoms with Gasteiger partial charge in [-0.15, -0.1) is 12.4 Å². The molecule has 1 fully saturated rings. The highest BCUT2D eigenvalue weighted by Crippen LogP contribution is 2.32. The second-order valence-electron chi connectivity index (χ2n) is 6.82. The van der Waals surface area contributed by atoms with Crippen molar-refractivity contribution < 1.29 is 22.8 Å². The van der Waals surface area contributed by atoms with Crippen LogP contribution in [-0.4, -0.2) is 60.3 Å². The molecule has 1 aliphatic heterocycles. The number of thiazole rings is 1. The quantitative estimate of drug-likeness (QED) is 0.561. The lowest BCUT2D eigenvalue weighted by Gasteiger charge is -2.27. The third-order valence-electron chi connectivity index (χ3n) is 4.68. The molecule has 0 spiro atoms. The largest absolute Gasteiger partial charge is 0.379 e. The lowest BCUT2D eigenvalue weighted by molar-refractivity contribution is 0.0376. The number of nitrogens with zero attached hydrogens (tertiary/aromatic N) is 4. The number of morpholine rings is 1. The van der Waals surface area contributed by atoms with Crippen molar-refractivity contribution in [3.63, 3.8) is 0 Å². The summed E-state index contributed by atoms with van der Waals surface area (Å²) in [4.78, 5) is 21.0. The normalized spacial score (nSPS) is 14.6. The number of anilines is 1. The molecule has 1 saturated heterocycles. The molecular formula is C19H21ClF2N4O3S. The fourth-order valence-corrected chi connectivity index (χ4v) is 4.26. The number of hydrogen-bond acceptors (Lipinski definition) is 7. The van der Waals surface area contributed by atoms with E-state index in [0.717, 1.165) is 37.0 Å². The highest BCUT2D eigenvalue weighted by molar-refractivity contribution is 7.22. The van der Waals surface area contributed by atoms with E-state index >= 15 is 0 Å². The van der Waals surface area contributed by atoms with Gasteiger partial charge < -0.3 is 9.26 Å². The van der Waals surface area contributed by atoms with E-state index in [2.05, 4.69) is 15.0 Å². The van der Waals surface area contributed by atoms with Gasteiger partial charge in [-0.2, -0.15) is 0 Å². The SMILES string of the molecule is Cc1cc(C(=O)N(CCCN2CCOCC2)c2nc3c(F)cc(F)cc3s2)no1.Cl. The Balaban J connectivity index is 0.00000256. The van der Waals surface area contributed by atoms with Crippen LogP contribution in [0.1, 0.15) is 22.7 Å². The van der Waals surface area contributed by atoms with Gasteiger partial charge in [-0.05, 0) is 19.4 Å². The zero-order valence-electron chi connectivity index (χ0n) is 16.3. The van der Waals surface area contributed by atoms with E-state index in [0.29, 0.717) is 41.8 Å². The van der Waals surface area contributed by atoms with E-state index in [-0.39, 0.29) is 29.5 Å². The van der Waals surface area contributed by atoms with Crippen molar-refractivity contribution in [2.75, 3.05) is 44.3 Å². The zero-order valence-corrected chi connectivity index (χ0v) is 17.9. The molecule has 7 nitrogen and oxygen atoms in total. The molecular weight excluding hydrogens is 438 g/mol. The molecule has 0 saturated carbocycles. The average Bonchev–Trinajstić information content (AvgIpc) is 3.32. The van der Waals surface area contributed by atoms with Crippen molar-refractivity contribution >= 4 is 45.0 Å². The van der Waals surface area contributed by atoms with Crippen LogP contribution in [0.4, 0.5) is 13.9 Å². The molecule has 0 unspecified atom stereocenters. The highest BCUT2D eigenvalue weighted by atomic mass is 35.5. The number of benzene rings is 1. The third-order valence-corrected chi connectivity index (χ3v) is 5.71. The van der Waals surface area contributed by atoms with Gasteiger partial charge >= 0.3 is 0 Å². The first-order valence-corrected chi connectivity index (χ1v) is 10.1. The number of carbonyl (C=O) groups is 1. The van der Waals surface area contributed by atoms with Crippen molar-refractivity contribution in [1.82, 2.24) is 15.0 Å². The summed E-state index contributed by atoms with van der Waals surface area (Å²) in [5, 5.41) is 4.10. The number of ether oxygens (including phenoxy) is 1. The molecule has 11 heteroatoms. The molecule has 1 aromatic carbocycles. The Bertz CT molecular complexity index is 1020. The molecule has 4 rings (SSSR count). The number of rotatable bonds is 6. The van der Waals surface area contributed by atoms with Crippen LogP contribution >= 0.6 is 23.7 Å². The first-order valence-electron chi connectivity index (χ1n) is 9.32. The molecule has 1 aliphatic rings. The Labute approximate surface area is 182 Å². The second kappa shape index (κ2) is 9.78. The van der Waals surface area contributed by atoms with Crippen LogP contribution in [-0.2, 0) is 4.74 Å². The molecule has 0 aliphatic carbocycles. The predicted molar refractivity (Wildman–Crippen MR) is 112 cm³/mol. The monoisotopic (exact) mass is 458 g/mol. The van der Waals surface area contributed by atoms with Gasteiger partial charge in [0.25, 0.3) is 5.91 Å². The maximum Gasteiger partial charge on any atom is 0.282 e. The Kier molecular flexibility index (Phi) is 7.35. The van der Waals surface area contributed by atoms with Gasteiger partial charge in [0.2, 0.25) is 0 Å². The second-order valence-corrected chi connectivity index (χ2v) is 7.83.